The number of benzene rings is 1. The van der Waals surface area contributed by atoms with E-state index in [4.69, 9.17) is 4.42 Å². The number of halogens is 1. The molecule has 102 valence electrons. The van der Waals surface area contributed by atoms with E-state index in [0.717, 1.165) is 15.9 Å². The molecule has 2 rings (SSSR count). The zero-order valence-corrected chi connectivity index (χ0v) is 13.6. The van der Waals surface area contributed by atoms with E-state index in [1.165, 1.54) is 5.56 Å². The van der Waals surface area contributed by atoms with Crippen molar-refractivity contribution >= 4 is 27.7 Å². The monoisotopic (exact) mass is 340 g/mol. The summed E-state index contributed by atoms with van der Waals surface area (Å²) in [6, 6.07) is 6.24. The van der Waals surface area contributed by atoms with Crippen LogP contribution < -0.4 is 5.32 Å². The third-order valence-electron chi connectivity index (χ3n) is 2.44. The van der Waals surface area contributed by atoms with Crippen molar-refractivity contribution in [3.8, 4) is 0 Å². The minimum absolute atomic E-state index is 0.0905. The molecule has 0 saturated carbocycles. The van der Waals surface area contributed by atoms with Crippen molar-refractivity contribution in [1.82, 2.24) is 10.3 Å². The summed E-state index contributed by atoms with van der Waals surface area (Å²) in [5, 5.41) is 4.17. The quantitative estimate of drug-likeness (QED) is 0.890. The first-order chi connectivity index (χ1) is 8.94. The number of aromatic nitrogens is 1. The van der Waals surface area contributed by atoms with E-state index < -0.39 is 0 Å². The van der Waals surface area contributed by atoms with Gasteiger partial charge >= 0.3 is 0 Å². The normalized spacial score (nSPS) is 11.8. The third kappa shape index (κ3) is 4.67. The first-order valence-electron chi connectivity index (χ1n) is 6.05. The van der Waals surface area contributed by atoms with Gasteiger partial charge in [0.15, 0.2) is 0 Å². The molecule has 5 heteroatoms. The smallest absolute Gasteiger partial charge is 0.260 e. The summed E-state index contributed by atoms with van der Waals surface area (Å²) in [4.78, 5) is 5.30. The Morgan fingerprint density at radius 1 is 1.37 bits per heavy atom. The third-order valence-corrected chi connectivity index (χ3v) is 3.93. The molecule has 1 heterocycles. The SMILES string of the molecule is CC(C)(C)NCc1cc(Br)ccc1Sc1ncco1. The highest BCUT2D eigenvalue weighted by Crippen LogP contribution is 2.31. The van der Waals surface area contributed by atoms with Crippen molar-refractivity contribution in [2.45, 2.75) is 43.0 Å². The lowest BCUT2D eigenvalue weighted by Gasteiger charge is -2.21. The maximum absolute atomic E-state index is 5.29. The van der Waals surface area contributed by atoms with Gasteiger partial charge in [-0.25, -0.2) is 4.98 Å². The Labute approximate surface area is 126 Å². The van der Waals surface area contributed by atoms with Gasteiger partial charge < -0.3 is 9.73 Å². The van der Waals surface area contributed by atoms with Gasteiger partial charge in [0, 0.05) is 21.5 Å². The molecule has 1 N–H and O–H groups in total. The summed E-state index contributed by atoms with van der Waals surface area (Å²) in [7, 11) is 0. The molecule has 0 saturated heterocycles. The number of rotatable bonds is 4. The maximum atomic E-state index is 5.29. The summed E-state index contributed by atoms with van der Waals surface area (Å²) in [6.07, 6.45) is 3.25. The molecule has 0 aliphatic heterocycles. The fourth-order valence-corrected chi connectivity index (χ4v) is 2.71. The Kier molecular flexibility index (Phi) is 4.71. The zero-order valence-electron chi connectivity index (χ0n) is 11.2. The molecule has 0 aliphatic rings. The van der Waals surface area contributed by atoms with Crippen LogP contribution >= 0.6 is 27.7 Å². The second-order valence-electron chi connectivity index (χ2n) is 5.26. The lowest BCUT2D eigenvalue weighted by Crippen LogP contribution is -2.35. The Balaban J connectivity index is 2.18. The summed E-state index contributed by atoms with van der Waals surface area (Å²) >= 11 is 5.06. The van der Waals surface area contributed by atoms with Crippen molar-refractivity contribution in [1.29, 1.82) is 0 Å². The van der Waals surface area contributed by atoms with Crippen LogP contribution in [-0.4, -0.2) is 10.5 Å². The molecule has 19 heavy (non-hydrogen) atoms. The maximum Gasteiger partial charge on any atom is 0.260 e. The molecular weight excluding hydrogens is 324 g/mol. The topological polar surface area (TPSA) is 38.1 Å². The summed E-state index contributed by atoms with van der Waals surface area (Å²) in [5.41, 5.74) is 1.32. The predicted octanol–water partition coefficient (Wildman–Crippen LogP) is 4.48. The van der Waals surface area contributed by atoms with Crippen molar-refractivity contribution in [3.63, 3.8) is 0 Å². The van der Waals surface area contributed by atoms with E-state index in [2.05, 4.69) is 59.1 Å². The van der Waals surface area contributed by atoms with Crippen LogP contribution in [0.3, 0.4) is 0 Å². The number of hydrogen-bond donors (Lipinski definition) is 1. The molecule has 1 aromatic heterocycles. The average molecular weight is 341 g/mol. The molecule has 0 bridgehead atoms. The molecule has 0 spiro atoms. The Morgan fingerprint density at radius 3 is 2.79 bits per heavy atom. The average Bonchev–Trinajstić information content (AvgIpc) is 2.81. The van der Waals surface area contributed by atoms with Crippen molar-refractivity contribution in [2.75, 3.05) is 0 Å². The molecule has 0 radical (unpaired) electrons. The highest BCUT2D eigenvalue weighted by atomic mass is 79.9. The Hall–Kier alpha value is -0.780. The van der Waals surface area contributed by atoms with E-state index in [1.54, 1.807) is 24.2 Å². The van der Waals surface area contributed by atoms with Gasteiger partial charge in [0.2, 0.25) is 0 Å². The van der Waals surface area contributed by atoms with Crippen LogP contribution in [0.25, 0.3) is 0 Å². The molecule has 2 aromatic rings. The second kappa shape index (κ2) is 6.11. The number of oxazole rings is 1. The number of nitrogens with one attached hydrogen (secondary N) is 1. The predicted molar refractivity (Wildman–Crippen MR) is 81.4 cm³/mol. The van der Waals surface area contributed by atoms with Gasteiger partial charge in [-0.2, -0.15) is 0 Å². The van der Waals surface area contributed by atoms with Crippen molar-refractivity contribution < 1.29 is 4.42 Å². The van der Waals surface area contributed by atoms with Crippen LogP contribution in [0.2, 0.25) is 0 Å². The number of nitrogens with zero attached hydrogens (tertiary/aromatic N) is 1. The number of hydrogen-bond acceptors (Lipinski definition) is 4. The molecule has 3 nitrogen and oxygen atoms in total. The fourth-order valence-electron chi connectivity index (χ4n) is 1.50. The standard InChI is InChI=1S/C14H17BrN2OS/c1-14(2,3)17-9-10-8-11(15)4-5-12(10)19-13-16-6-7-18-13/h4-8,17H,9H2,1-3H3. The zero-order chi connectivity index (χ0) is 13.9. The van der Waals surface area contributed by atoms with Crippen LogP contribution in [-0.2, 0) is 6.54 Å². The highest BCUT2D eigenvalue weighted by molar-refractivity contribution is 9.10. The molecule has 0 unspecified atom stereocenters. The molecule has 0 amide bonds. The summed E-state index contributed by atoms with van der Waals surface area (Å²) < 4.78 is 6.37. The summed E-state index contributed by atoms with van der Waals surface area (Å²) in [6.45, 7) is 7.29. The van der Waals surface area contributed by atoms with E-state index in [9.17, 15) is 0 Å². The van der Waals surface area contributed by atoms with Gasteiger partial charge in [0.05, 0.1) is 6.20 Å². The van der Waals surface area contributed by atoms with Crippen LogP contribution in [0.1, 0.15) is 26.3 Å². The summed E-state index contributed by atoms with van der Waals surface area (Å²) in [5.74, 6) is 0. The van der Waals surface area contributed by atoms with Gasteiger partial charge in [-0.1, -0.05) is 15.9 Å². The van der Waals surface area contributed by atoms with Crippen molar-refractivity contribution in [2.24, 2.45) is 0 Å². The van der Waals surface area contributed by atoms with Crippen LogP contribution in [0.15, 0.2) is 49.7 Å². The lowest BCUT2D eigenvalue weighted by molar-refractivity contribution is 0.422. The molecule has 0 atom stereocenters. The van der Waals surface area contributed by atoms with Gasteiger partial charge in [-0.15, -0.1) is 0 Å². The van der Waals surface area contributed by atoms with E-state index in [-0.39, 0.29) is 5.54 Å². The van der Waals surface area contributed by atoms with E-state index >= 15 is 0 Å². The van der Waals surface area contributed by atoms with Gasteiger partial charge in [-0.3, -0.25) is 0 Å². The largest absolute Gasteiger partial charge is 0.440 e. The fraction of sp³-hybridized carbons (Fsp3) is 0.357. The molecule has 1 aromatic carbocycles. The minimum Gasteiger partial charge on any atom is -0.440 e. The van der Waals surface area contributed by atoms with E-state index in [1.807, 2.05) is 6.07 Å². The van der Waals surface area contributed by atoms with Crippen LogP contribution in [0, 0.1) is 0 Å². The van der Waals surface area contributed by atoms with Gasteiger partial charge in [-0.05, 0) is 56.3 Å². The Morgan fingerprint density at radius 2 is 2.16 bits per heavy atom. The Bertz CT molecular complexity index is 535. The van der Waals surface area contributed by atoms with E-state index in [0.29, 0.717) is 5.22 Å². The molecule has 0 aliphatic carbocycles. The van der Waals surface area contributed by atoms with Crippen LogP contribution in [0.5, 0.6) is 0 Å². The minimum atomic E-state index is 0.0905. The molecular formula is C14H17BrN2OS. The van der Waals surface area contributed by atoms with Crippen molar-refractivity contribution in [3.05, 3.63) is 40.7 Å². The van der Waals surface area contributed by atoms with Gasteiger partial charge in [0.25, 0.3) is 5.22 Å². The second-order valence-corrected chi connectivity index (χ2v) is 7.16. The lowest BCUT2D eigenvalue weighted by atomic mass is 10.1. The first-order valence-corrected chi connectivity index (χ1v) is 7.66. The van der Waals surface area contributed by atoms with Gasteiger partial charge in [0.1, 0.15) is 6.26 Å². The first kappa shape index (κ1) is 14.6. The van der Waals surface area contributed by atoms with Crippen LogP contribution in [0.4, 0.5) is 0 Å². The molecule has 0 fully saturated rings. The highest BCUT2D eigenvalue weighted by Gasteiger charge is 2.12.